The van der Waals surface area contributed by atoms with E-state index in [1.807, 2.05) is 6.20 Å². The van der Waals surface area contributed by atoms with E-state index in [2.05, 4.69) is 53.9 Å². The summed E-state index contributed by atoms with van der Waals surface area (Å²) in [5.74, 6) is 0.683. The highest BCUT2D eigenvalue weighted by Gasteiger charge is 2.32. The number of hydrogen-bond acceptors (Lipinski definition) is 3. The third-order valence-electron chi connectivity index (χ3n) is 4.15. The number of likely N-dealkylation sites (tertiary alicyclic amines) is 1. The smallest absolute Gasteiger partial charge is 0.0558 e. The minimum Gasteiger partial charge on any atom is -0.314 e. The van der Waals surface area contributed by atoms with Crippen molar-refractivity contribution in [2.75, 3.05) is 20.1 Å². The van der Waals surface area contributed by atoms with E-state index in [1.54, 1.807) is 0 Å². The Labute approximate surface area is 117 Å². The van der Waals surface area contributed by atoms with Crippen LogP contribution in [0.15, 0.2) is 12.3 Å². The monoisotopic (exact) mass is 264 g/mol. The van der Waals surface area contributed by atoms with Crippen LogP contribution in [-0.2, 0) is 6.54 Å². The van der Waals surface area contributed by atoms with Crippen molar-refractivity contribution in [1.29, 1.82) is 0 Å². The average molecular weight is 264 g/mol. The lowest BCUT2D eigenvalue weighted by Gasteiger charge is -2.39. The molecule has 0 saturated carbocycles. The molecule has 1 saturated heterocycles. The number of nitrogens with zero attached hydrogens (tertiary/aromatic N) is 3. The second kappa shape index (κ2) is 6.53. The van der Waals surface area contributed by atoms with Gasteiger partial charge >= 0.3 is 0 Å². The van der Waals surface area contributed by atoms with Gasteiger partial charge in [0.25, 0.3) is 0 Å². The highest BCUT2D eigenvalue weighted by atomic mass is 15.3. The fourth-order valence-electron chi connectivity index (χ4n) is 3.19. The maximum atomic E-state index is 4.44. The van der Waals surface area contributed by atoms with Gasteiger partial charge in [-0.3, -0.25) is 9.58 Å². The molecule has 0 aliphatic carbocycles. The van der Waals surface area contributed by atoms with Gasteiger partial charge in [0.2, 0.25) is 0 Å². The van der Waals surface area contributed by atoms with Gasteiger partial charge in [-0.15, -0.1) is 0 Å². The highest BCUT2D eigenvalue weighted by Crippen LogP contribution is 2.34. The summed E-state index contributed by atoms with van der Waals surface area (Å²) in [6, 6.07) is 3.25. The zero-order chi connectivity index (χ0) is 13.8. The Morgan fingerprint density at radius 3 is 2.95 bits per heavy atom. The van der Waals surface area contributed by atoms with Crippen molar-refractivity contribution in [2.45, 2.75) is 52.2 Å². The second-order valence-corrected chi connectivity index (χ2v) is 5.96. The molecule has 0 spiro atoms. The lowest BCUT2D eigenvalue weighted by Crippen LogP contribution is -2.42. The molecule has 108 valence electrons. The predicted molar refractivity (Wildman–Crippen MR) is 79.1 cm³/mol. The minimum absolute atomic E-state index is 0.502. The van der Waals surface area contributed by atoms with Crippen LogP contribution < -0.4 is 5.32 Å². The maximum absolute atomic E-state index is 4.44. The Kier molecular flexibility index (Phi) is 4.99. The van der Waals surface area contributed by atoms with Crippen LogP contribution in [0.2, 0.25) is 0 Å². The van der Waals surface area contributed by atoms with E-state index >= 15 is 0 Å². The van der Waals surface area contributed by atoms with Crippen molar-refractivity contribution in [3.63, 3.8) is 0 Å². The second-order valence-electron chi connectivity index (χ2n) is 5.96. The minimum atomic E-state index is 0.502. The molecule has 1 aliphatic heterocycles. The van der Waals surface area contributed by atoms with Gasteiger partial charge in [0.15, 0.2) is 0 Å². The summed E-state index contributed by atoms with van der Waals surface area (Å²) in [7, 11) is 2.25. The Hall–Kier alpha value is -0.870. The molecule has 2 heterocycles. The van der Waals surface area contributed by atoms with Crippen LogP contribution in [0, 0.1) is 5.92 Å². The standard InChI is InChI=1S/C15H28N4/c1-5-19-14(8-9-17-19)15-13(11-16-12(2)3)7-6-10-18(15)4/h8-9,12-13,15-16H,5-7,10-11H2,1-4H3. The third kappa shape index (κ3) is 3.37. The van der Waals surface area contributed by atoms with Crippen molar-refractivity contribution >= 4 is 0 Å². The Balaban J connectivity index is 2.16. The van der Waals surface area contributed by atoms with Gasteiger partial charge in [-0.25, -0.2) is 0 Å². The predicted octanol–water partition coefficient (Wildman–Crippen LogP) is 2.28. The molecule has 1 aliphatic rings. The molecule has 2 atom stereocenters. The summed E-state index contributed by atoms with van der Waals surface area (Å²) >= 11 is 0. The first-order valence-corrected chi connectivity index (χ1v) is 7.58. The van der Waals surface area contributed by atoms with Crippen molar-refractivity contribution < 1.29 is 0 Å². The molecular weight excluding hydrogens is 236 g/mol. The van der Waals surface area contributed by atoms with E-state index in [9.17, 15) is 0 Å². The molecule has 0 aromatic carbocycles. The summed E-state index contributed by atoms with van der Waals surface area (Å²) in [5.41, 5.74) is 1.38. The third-order valence-corrected chi connectivity index (χ3v) is 4.15. The lowest BCUT2D eigenvalue weighted by atomic mass is 9.87. The van der Waals surface area contributed by atoms with Crippen LogP contribution in [0.3, 0.4) is 0 Å². The van der Waals surface area contributed by atoms with Gasteiger partial charge in [0, 0.05) is 25.3 Å². The SMILES string of the molecule is CCn1nccc1C1C(CNC(C)C)CCCN1C. The molecule has 4 nitrogen and oxygen atoms in total. The Morgan fingerprint density at radius 1 is 1.47 bits per heavy atom. The summed E-state index contributed by atoms with van der Waals surface area (Å²) in [6.07, 6.45) is 4.55. The molecule has 1 fully saturated rings. The zero-order valence-electron chi connectivity index (χ0n) is 12.8. The molecule has 2 unspecified atom stereocenters. The fourth-order valence-corrected chi connectivity index (χ4v) is 3.19. The largest absolute Gasteiger partial charge is 0.314 e. The van der Waals surface area contributed by atoms with E-state index in [1.165, 1.54) is 25.1 Å². The number of rotatable bonds is 5. The quantitative estimate of drug-likeness (QED) is 0.886. The highest BCUT2D eigenvalue weighted by molar-refractivity contribution is 5.10. The van der Waals surface area contributed by atoms with E-state index in [0.29, 0.717) is 18.0 Å². The number of aromatic nitrogens is 2. The molecule has 1 aromatic rings. The summed E-state index contributed by atoms with van der Waals surface area (Å²) in [4.78, 5) is 2.50. The van der Waals surface area contributed by atoms with E-state index < -0.39 is 0 Å². The first-order chi connectivity index (χ1) is 9.13. The molecule has 1 N–H and O–H groups in total. The number of piperidine rings is 1. The van der Waals surface area contributed by atoms with Crippen molar-refractivity contribution in [3.8, 4) is 0 Å². The molecule has 4 heteroatoms. The van der Waals surface area contributed by atoms with Gasteiger partial charge in [-0.2, -0.15) is 5.10 Å². The van der Waals surface area contributed by atoms with Gasteiger partial charge < -0.3 is 5.32 Å². The van der Waals surface area contributed by atoms with Crippen LogP contribution in [0.1, 0.15) is 45.3 Å². The molecular formula is C15H28N4. The lowest BCUT2D eigenvalue weighted by molar-refractivity contribution is 0.111. The normalized spacial score (nSPS) is 25.1. The van der Waals surface area contributed by atoms with E-state index in [4.69, 9.17) is 0 Å². The van der Waals surface area contributed by atoms with Crippen LogP contribution in [0.5, 0.6) is 0 Å². The van der Waals surface area contributed by atoms with Gasteiger partial charge in [-0.1, -0.05) is 13.8 Å². The fraction of sp³-hybridized carbons (Fsp3) is 0.800. The van der Waals surface area contributed by atoms with Gasteiger partial charge in [-0.05, 0) is 45.3 Å². The number of nitrogens with one attached hydrogen (secondary N) is 1. The van der Waals surface area contributed by atoms with Crippen molar-refractivity contribution in [2.24, 2.45) is 5.92 Å². The van der Waals surface area contributed by atoms with Crippen molar-refractivity contribution in [3.05, 3.63) is 18.0 Å². The van der Waals surface area contributed by atoms with Gasteiger partial charge in [0.05, 0.1) is 11.7 Å². The zero-order valence-corrected chi connectivity index (χ0v) is 12.8. The van der Waals surface area contributed by atoms with Gasteiger partial charge in [0.1, 0.15) is 0 Å². The summed E-state index contributed by atoms with van der Waals surface area (Å²) in [5, 5.41) is 8.05. The van der Waals surface area contributed by atoms with Crippen LogP contribution >= 0.6 is 0 Å². The molecule has 2 rings (SSSR count). The first-order valence-electron chi connectivity index (χ1n) is 7.58. The van der Waals surface area contributed by atoms with E-state index in [0.717, 1.165) is 13.1 Å². The molecule has 0 amide bonds. The molecule has 0 radical (unpaired) electrons. The van der Waals surface area contributed by atoms with Crippen molar-refractivity contribution in [1.82, 2.24) is 20.0 Å². The molecule has 19 heavy (non-hydrogen) atoms. The van der Waals surface area contributed by atoms with Crippen LogP contribution in [0.25, 0.3) is 0 Å². The first kappa shape index (κ1) is 14.5. The molecule has 1 aromatic heterocycles. The summed E-state index contributed by atoms with van der Waals surface area (Å²) in [6.45, 7) is 9.85. The van der Waals surface area contributed by atoms with Crippen LogP contribution in [-0.4, -0.2) is 40.9 Å². The number of aryl methyl sites for hydroxylation is 1. The van der Waals surface area contributed by atoms with E-state index in [-0.39, 0.29) is 0 Å². The topological polar surface area (TPSA) is 33.1 Å². The summed E-state index contributed by atoms with van der Waals surface area (Å²) < 4.78 is 2.15. The Morgan fingerprint density at radius 2 is 2.26 bits per heavy atom. The Bertz CT molecular complexity index is 385. The average Bonchev–Trinajstić information content (AvgIpc) is 2.84. The molecule has 0 bridgehead atoms. The number of hydrogen-bond donors (Lipinski definition) is 1. The van der Waals surface area contributed by atoms with Crippen LogP contribution in [0.4, 0.5) is 0 Å². The maximum Gasteiger partial charge on any atom is 0.0558 e.